The second-order valence-corrected chi connectivity index (χ2v) is 3.47. The molecule has 1 N–H and O–H groups in total. The monoisotopic (exact) mass is 116 g/mol. The van der Waals surface area contributed by atoms with Crippen LogP contribution in [-0.2, 0) is 0 Å². The summed E-state index contributed by atoms with van der Waals surface area (Å²) in [6.07, 6.45) is 2.11. The van der Waals surface area contributed by atoms with Crippen molar-refractivity contribution >= 4 is 8.15 Å². The van der Waals surface area contributed by atoms with Gasteiger partial charge in [-0.05, 0) is 25.3 Å². The molecular formula is C5H9OP. The van der Waals surface area contributed by atoms with E-state index in [2.05, 4.69) is 6.92 Å². The highest BCUT2D eigenvalue weighted by Crippen LogP contribution is 2.40. The molecule has 1 nitrogen and oxygen atoms in total. The number of hydrogen-bond donors (Lipinski definition) is 1. The lowest BCUT2D eigenvalue weighted by Gasteiger charge is -1.89. The molecule has 0 spiro atoms. The average Bonchev–Trinajstić information content (AvgIpc) is 1.87. The zero-order chi connectivity index (χ0) is 5.28. The Morgan fingerprint density at radius 2 is 2.57 bits per heavy atom. The van der Waals surface area contributed by atoms with E-state index >= 15 is 0 Å². The van der Waals surface area contributed by atoms with E-state index in [-0.39, 0.29) is 0 Å². The second-order valence-electron chi connectivity index (χ2n) is 1.89. The molecule has 1 heterocycles. The Bertz CT molecular complexity index is 98.3. The first-order valence-electron chi connectivity index (χ1n) is 2.42. The van der Waals surface area contributed by atoms with Crippen LogP contribution in [0.1, 0.15) is 13.3 Å². The molecule has 2 heteroatoms. The number of rotatable bonds is 0. The molecule has 1 rings (SSSR count). The third kappa shape index (κ3) is 1.25. The van der Waals surface area contributed by atoms with Crippen molar-refractivity contribution in [2.45, 2.75) is 13.3 Å². The predicted octanol–water partition coefficient (Wildman–Crippen LogP) is 1.68. The van der Waals surface area contributed by atoms with Crippen molar-refractivity contribution in [1.29, 1.82) is 0 Å². The highest BCUT2D eigenvalue weighted by atomic mass is 31.1. The lowest BCUT2D eigenvalue weighted by molar-refractivity contribution is 0.635. The van der Waals surface area contributed by atoms with Gasteiger partial charge in [-0.3, -0.25) is 0 Å². The van der Waals surface area contributed by atoms with Crippen LogP contribution in [0.3, 0.4) is 0 Å². The van der Waals surface area contributed by atoms with E-state index in [0.717, 1.165) is 12.6 Å². The van der Waals surface area contributed by atoms with E-state index in [1.807, 2.05) is 5.82 Å². The minimum absolute atomic E-state index is 0.666. The van der Waals surface area contributed by atoms with Crippen LogP contribution in [0.5, 0.6) is 0 Å². The molecule has 0 radical (unpaired) electrons. The quantitative estimate of drug-likeness (QED) is 0.477. The molecule has 1 aliphatic rings. The Morgan fingerprint density at radius 1 is 1.86 bits per heavy atom. The highest BCUT2D eigenvalue weighted by Gasteiger charge is 2.07. The second kappa shape index (κ2) is 1.94. The predicted molar refractivity (Wildman–Crippen MR) is 32.4 cm³/mol. The van der Waals surface area contributed by atoms with Gasteiger partial charge in [-0.1, -0.05) is 5.57 Å². The molecule has 0 amide bonds. The third-order valence-corrected chi connectivity index (χ3v) is 2.53. The SMILES string of the molecule is CC1=CP(O)CC1. The smallest absolute Gasteiger partial charge is 0.0491 e. The molecule has 1 aliphatic heterocycles. The maximum atomic E-state index is 8.89. The maximum Gasteiger partial charge on any atom is 0.0491 e. The van der Waals surface area contributed by atoms with E-state index in [0.29, 0.717) is 0 Å². The van der Waals surface area contributed by atoms with Gasteiger partial charge in [-0.2, -0.15) is 0 Å². The molecule has 0 fully saturated rings. The van der Waals surface area contributed by atoms with Gasteiger partial charge in [0.25, 0.3) is 0 Å². The van der Waals surface area contributed by atoms with Crippen LogP contribution < -0.4 is 0 Å². The minimum Gasteiger partial charge on any atom is -0.370 e. The summed E-state index contributed by atoms with van der Waals surface area (Å²) in [5, 5.41) is 0. The first kappa shape index (κ1) is 5.27. The van der Waals surface area contributed by atoms with Gasteiger partial charge < -0.3 is 4.89 Å². The van der Waals surface area contributed by atoms with Crippen molar-refractivity contribution in [2.24, 2.45) is 0 Å². The van der Waals surface area contributed by atoms with Gasteiger partial charge in [0, 0.05) is 8.15 Å². The van der Waals surface area contributed by atoms with Gasteiger partial charge >= 0.3 is 0 Å². The van der Waals surface area contributed by atoms with Crippen molar-refractivity contribution in [3.05, 3.63) is 11.4 Å². The van der Waals surface area contributed by atoms with Crippen molar-refractivity contribution in [3.63, 3.8) is 0 Å². The fraction of sp³-hybridized carbons (Fsp3) is 0.600. The molecule has 0 aromatic heterocycles. The summed E-state index contributed by atoms with van der Waals surface area (Å²) in [7, 11) is -0.666. The highest BCUT2D eigenvalue weighted by molar-refractivity contribution is 7.55. The minimum atomic E-state index is -0.666. The summed E-state index contributed by atoms with van der Waals surface area (Å²) < 4.78 is 0. The van der Waals surface area contributed by atoms with Gasteiger partial charge in [0.2, 0.25) is 0 Å². The normalized spacial score (nSPS) is 30.6. The van der Waals surface area contributed by atoms with E-state index in [1.165, 1.54) is 5.57 Å². The molecule has 0 aromatic rings. The molecule has 0 bridgehead atoms. The van der Waals surface area contributed by atoms with E-state index in [9.17, 15) is 0 Å². The van der Waals surface area contributed by atoms with Crippen LogP contribution in [0.15, 0.2) is 11.4 Å². The fourth-order valence-corrected chi connectivity index (χ4v) is 2.02. The summed E-state index contributed by atoms with van der Waals surface area (Å²) in [5.74, 6) is 1.98. The van der Waals surface area contributed by atoms with Gasteiger partial charge in [0.05, 0.1) is 0 Å². The molecule has 0 saturated heterocycles. The largest absolute Gasteiger partial charge is 0.370 e. The van der Waals surface area contributed by atoms with Crippen LogP contribution in [0.4, 0.5) is 0 Å². The van der Waals surface area contributed by atoms with Crippen LogP contribution >= 0.6 is 8.15 Å². The Hall–Kier alpha value is 0.130. The Morgan fingerprint density at radius 3 is 2.71 bits per heavy atom. The Kier molecular flexibility index (Phi) is 1.46. The topological polar surface area (TPSA) is 20.2 Å². The summed E-state index contributed by atoms with van der Waals surface area (Å²) in [4.78, 5) is 8.89. The zero-order valence-electron chi connectivity index (χ0n) is 4.39. The summed E-state index contributed by atoms with van der Waals surface area (Å²) in [6, 6.07) is 0. The standard InChI is InChI=1S/C5H9OP/c1-5-2-3-7(6)4-5/h4,6H,2-3H2,1H3. The molecule has 0 aliphatic carbocycles. The van der Waals surface area contributed by atoms with Crippen LogP contribution in [0.25, 0.3) is 0 Å². The van der Waals surface area contributed by atoms with E-state index < -0.39 is 8.15 Å². The lowest BCUT2D eigenvalue weighted by Crippen LogP contribution is -1.69. The van der Waals surface area contributed by atoms with Gasteiger partial charge in [0.15, 0.2) is 0 Å². The van der Waals surface area contributed by atoms with Crippen molar-refractivity contribution < 1.29 is 4.89 Å². The van der Waals surface area contributed by atoms with Gasteiger partial charge in [-0.25, -0.2) is 0 Å². The Balaban J connectivity index is 2.50. The maximum absolute atomic E-state index is 8.89. The summed E-state index contributed by atoms with van der Waals surface area (Å²) >= 11 is 0. The first-order valence-corrected chi connectivity index (χ1v) is 3.97. The molecule has 0 saturated carbocycles. The average molecular weight is 116 g/mol. The lowest BCUT2D eigenvalue weighted by atomic mass is 10.3. The van der Waals surface area contributed by atoms with Gasteiger partial charge in [0.1, 0.15) is 0 Å². The summed E-state index contributed by atoms with van der Waals surface area (Å²) in [6.45, 7) is 2.07. The van der Waals surface area contributed by atoms with Crippen molar-refractivity contribution in [1.82, 2.24) is 0 Å². The van der Waals surface area contributed by atoms with Crippen LogP contribution in [-0.4, -0.2) is 11.1 Å². The molecular weight excluding hydrogens is 107 g/mol. The summed E-state index contributed by atoms with van der Waals surface area (Å²) in [5.41, 5.74) is 1.36. The van der Waals surface area contributed by atoms with Crippen molar-refractivity contribution in [3.8, 4) is 0 Å². The number of allylic oxidation sites excluding steroid dienone is 1. The Labute approximate surface area is 44.9 Å². The fourth-order valence-electron chi connectivity index (χ4n) is 0.674. The molecule has 1 unspecified atom stereocenters. The van der Waals surface area contributed by atoms with Crippen LogP contribution in [0, 0.1) is 0 Å². The molecule has 1 atom stereocenters. The molecule has 7 heavy (non-hydrogen) atoms. The van der Waals surface area contributed by atoms with Gasteiger partial charge in [-0.15, -0.1) is 0 Å². The van der Waals surface area contributed by atoms with E-state index in [1.54, 1.807) is 0 Å². The van der Waals surface area contributed by atoms with E-state index in [4.69, 9.17) is 4.89 Å². The van der Waals surface area contributed by atoms with Crippen molar-refractivity contribution in [2.75, 3.05) is 6.16 Å². The van der Waals surface area contributed by atoms with Crippen LogP contribution in [0.2, 0.25) is 0 Å². The third-order valence-electron chi connectivity index (χ3n) is 1.10. The molecule has 0 aromatic carbocycles. The first-order chi connectivity index (χ1) is 3.29. The number of hydrogen-bond acceptors (Lipinski definition) is 1. The molecule has 40 valence electrons. The zero-order valence-corrected chi connectivity index (χ0v) is 5.28.